The van der Waals surface area contributed by atoms with E-state index >= 15 is 0 Å². The number of nitrogens with one attached hydrogen (secondary N) is 1. The summed E-state index contributed by atoms with van der Waals surface area (Å²) in [6.45, 7) is 4.35. The standard InChI is InChI=1S/C22H19N4O/c1-15-3-2-8-23-22(15)26-9-10-27-21-7-5-16(11-18(21)13-26)17-4-6-19-20(12-17)25-14-24-19/h2-8,11-12H,9-10,13H2,1H3,(H,24,25). The summed E-state index contributed by atoms with van der Waals surface area (Å²) in [5.41, 5.74) is 6.57. The van der Waals surface area contributed by atoms with Crippen LogP contribution < -0.4 is 9.64 Å². The maximum atomic E-state index is 6.00. The molecule has 0 spiro atoms. The van der Waals surface area contributed by atoms with Gasteiger partial charge in [0, 0.05) is 18.3 Å². The van der Waals surface area contributed by atoms with Gasteiger partial charge in [-0.3, -0.25) is 0 Å². The van der Waals surface area contributed by atoms with Crippen LogP contribution in [0.1, 0.15) is 11.1 Å². The van der Waals surface area contributed by atoms with Gasteiger partial charge in [0.1, 0.15) is 18.2 Å². The smallest absolute Gasteiger partial charge is 0.174 e. The first-order valence-electron chi connectivity index (χ1n) is 9.06. The normalized spacial score (nSPS) is 13.9. The van der Waals surface area contributed by atoms with Gasteiger partial charge >= 0.3 is 0 Å². The number of imidazole rings is 1. The van der Waals surface area contributed by atoms with E-state index in [1.54, 1.807) is 0 Å². The Kier molecular flexibility index (Phi) is 3.78. The minimum Gasteiger partial charge on any atom is -0.491 e. The summed E-state index contributed by atoms with van der Waals surface area (Å²) in [5.74, 6) is 1.97. The molecule has 0 unspecified atom stereocenters. The lowest BCUT2D eigenvalue weighted by molar-refractivity contribution is 0.331. The number of aromatic amines is 1. The van der Waals surface area contributed by atoms with E-state index in [0.29, 0.717) is 6.61 Å². The third kappa shape index (κ3) is 2.91. The Hall–Kier alpha value is -3.34. The van der Waals surface area contributed by atoms with Crippen molar-refractivity contribution in [3.63, 3.8) is 0 Å². The molecule has 1 aliphatic heterocycles. The molecule has 5 heteroatoms. The minimum atomic E-state index is 0.651. The zero-order chi connectivity index (χ0) is 18.2. The average Bonchev–Trinajstić information content (AvgIpc) is 3.06. The second kappa shape index (κ2) is 6.43. The van der Waals surface area contributed by atoms with Crippen molar-refractivity contribution in [2.75, 3.05) is 18.1 Å². The molecule has 1 aliphatic rings. The van der Waals surface area contributed by atoms with Crippen LogP contribution in [0.2, 0.25) is 0 Å². The van der Waals surface area contributed by atoms with Crippen LogP contribution in [0.3, 0.4) is 0 Å². The third-order valence-electron chi connectivity index (χ3n) is 5.02. The molecule has 0 bridgehead atoms. The van der Waals surface area contributed by atoms with Crippen LogP contribution >= 0.6 is 0 Å². The number of fused-ring (bicyclic) bond motifs is 2. The number of hydrogen-bond donors (Lipinski definition) is 1. The number of aryl methyl sites for hydroxylation is 1. The largest absolute Gasteiger partial charge is 0.491 e. The summed E-state index contributed by atoms with van der Waals surface area (Å²) in [7, 11) is 0. The highest BCUT2D eigenvalue weighted by Gasteiger charge is 2.18. The fourth-order valence-corrected chi connectivity index (χ4v) is 3.62. The Balaban J connectivity index is 1.53. The zero-order valence-electron chi connectivity index (χ0n) is 15.1. The van der Waals surface area contributed by atoms with Crippen LogP contribution in [-0.2, 0) is 6.54 Å². The first-order chi connectivity index (χ1) is 13.3. The van der Waals surface area contributed by atoms with Gasteiger partial charge in [0.15, 0.2) is 6.33 Å². The molecular formula is C22H19N4O. The van der Waals surface area contributed by atoms with Gasteiger partial charge in [-0.25, -0.2) is 9.97 Å². The highest BCUT2D eigenvalue weighted by molar-refractivity contribution is 5.81. The fraction of sp³-hybridized carbons (Fsp3) is 0.182. The molecule has 0 saturated carbocycles. The third-order valence-corrected chi connectivity index (χ3v) is 5.02. The predicted octanol–water partition coefficient (Wildman–Crippen LogP) is 4.13. The first kappa shape index (κ1) is 15.9. The Bertz CT molecular complexity index is 1120. The van der Waals surface area contributed by atoms with Crippen molar-refractivity contribution in [1.29, 1.82) is 0 Å². The lowest BCUT2D eigenvalue weighted by Crippen LogP contribution is -2.26. The number of benzene rings is 2. The van der Waals surface area contributed by atoms with Crippen LogP contribution in [0.25, 0.3) is 22.2 Å². The van der Waals surface area contributed by atoms with E-state index in [0.717, 1.165) is 46.8 Å². The number of anilines is 1. The molecule has 3 heterocycles. The number of hydrogen-bond acceptors (Lipinski definition) is 4. The summed E-state index contributed by atoms with van der Waals surface area (Å²) in [4.78, 5) is 14.1. The average molecular weight is 355 g/mol. The molecule has 5 nitrogen and oxygen atoms in total. The Morgan fingerprint density at radius 2 is 2.00 bits per heavy atom. The SMILES string of the molecule is Cc1cccnc1N1CCOc2ccc(-c3ccc4n[c][nH]c4c3)cc2C1. The van der Waals surface area contributed by atoms with Crippen LogP contribution in [0.15, 0.2) is 54.7 Å². The summed E-state index contributed by atoms with van der Waals surface area (Å²) in [5, 5.41) is 0. The first-order valence-corrected chi connectivity index (χ1v) is 9.06. The molecule has 0 atom stereocenters. The maximum Gasteiger partial charge on any atom is 0.174 e. The van der Waals surface area contributed by atoms with Gasteiger partial charge in [-0.15, -0.1) is 0 Å². The van der Waals surface area contributed by atoms with E-state index in [-0.39, 0.29) is 0 Å². The number of H-pyrrole nitrogens is 1. The summed E-state index contributed by atoms with van der Waals surface area (Å²) in [6, 6.07) is 16.7. The van der Waals surface area contributed by atoms with Gasteiger partial charge in [-0.2, -0.15) is 0 Å². The minimum absolute atomic E-state index is 0.651. The van der Waals surface area contributed by atoms with Crippen molar-refractivity contribution < 1.29 is 4.74 Å². The highest BCUT2D eigenvalue weighted by Crippen LogP contribution is 2.32. The molecule has 5 rings (SSSR count). The van der Waals surface area contributed by atoms with E-state index in [4.69, 9.17) is 4.74 Å². The van der Waals surface area contributed by atoms with Crippen molar-refractivity contribution in [3.8, 4) is 16.9 Å². The second-order valence-electron chi connectivity index (χ2n) is 6.82. The summed E-state index contributed by atoms with van der Waals surface area (Å²) >= 11 is 0. The van der Waals surface area contributed by atoms with Crippen molar-refractivity contribution in [1.82, 2.24) is 15.0 Å². The van der Waals surface area contributed by atoms with Gasteiger partial charge in [-0.1, -0.05) is 18.2 Å². The summed E-state index contributed by atoms with van der Waals surface area (Å²) < 4.78 is 6.00. The van der Waals surface area contributed by atoms with Gasteiger partial charge in [-0.05, 0) is 53.9 Å². The monoisotopic (exact) mass is 355 g/mol. The van der Waals surface area contributed by atoms with Gasteiger partial charge in [0.2, 0.25) is 0 Å². The van der Waals surface area contributed by atoms with Crippen molar-refractivity contribution in [2.24, 2.45) is 0 Å². The molecule has 0 amide bonds. The Labute approximate surface area is 157 Å². The second-order valence-corrected chi connectivity index (χ2v) is 6.82. The number of ether oxygens (including phenoxy) is 1. The molecule has 1 N–H and O–H groups in total. The number of aromatic nitrogens is 3. The van der Waals surface area contributed by atoms with E-state index in [2.05, 4.69) is 69.5 Å². The summed E-state index contributed by atoms with van der Waals surface area (Å²) in [6.07, 6.45) is 4.64. The molecule has 0 fully saturated rings. The zero-order valence-corrected chi connectivity index (χ0v) is 15.1. The van der Waals surface area contributed by atoms with Crippen LogP contribution in [-0.4, -0.2) is 28.1 Å². The number of pyridine rings is 1. The predicted molar refractivity (Wildman–Crippen MR) is 106 cm³/mol. The van der Waals surface area contributed by atoms with E-state index in [1.165, 1.54) is 11.1 Å². The number of rotatable bonds is 2. The van der Waals surface area contributed by atoms with Crippen molar-refractivity contribution in [2.45, 2.75) is 13.5 Å². The molecule has 2 aromatic carbocycles. The molecule has 0 aliphatic carbocycles. The van der Waals surface area contributed by atoms with Crippen LogP contribution in [0, 0.1) is 13.3 Å². The van der Waals surface area contributed by atoms with E-state index in [9.17, 15) is 0 Å². The van der Waals surface area contributed by atoms with E-state index < -0.39 is 0 Å². The quantitative estimate of drug-likeness (QED) is 0.587. The molecular weight excluding hydrogens is 336 g/mol. The maximum absolute atomic E-state index is 6.00. The van der Waals surface area contributed by atoms with Crippen LogP contribution in [0.4, 0.5) is 5.82 Å². The molecule has 27 heavy (non-hydrogen) atoms. The molecule has 0 saturated heterocycles. The van der Waals surface area contributed by atoms with Crippen LogP contribution in [0.5, 0.6) is 5.75 Å². The topological polar surface area (TPSA) is 54.0 Å². The number of nitrogens with zero attached hydrogens (tertiary/aromatic N) is 3. The molecule has 2 aromatic heterocycles. The fourth-order valence-electron chi connectivity index (χ4n) is 3.62. The molecule has 4 aromatic rings. The lowest BCUT2D eigenvalue weighted by atomic mass is 10.0. The van der Waals surface area contributed by atoms with E-state index in [1.807, 2.05) is 18.3 Å². The lowest BCUT2D eigenvalue weighted by Gasteiger charge is -2.22. The van der Waals surface area contributed by atoms with Crippen molar-refractivity contribution in [3.05, 3.63) is 72.2 Å². The molecule has 1 radical (unpaired) electrons. The Morgan fingerprint density at radius 1 is 1.11 bits per heavy atom. The van der Waals surface area contributed by atoms with Gasteiger partial charge < -0.3 is 14.6 Å². The highest BCUT2D eigenvalue weighted by atomic mass is 16.5. The Morgan fingerprint density at radius 3 is 2.93 bits per heavy atom. The van der Waals surface area contributed by atoms with Gasteiger partial charge in [0.25, 0.3) is 0 Å². The van der Waals surface area contributed by atoms with Crippen molar-refractivity contribution >= 4 is 16.9 Å². The molecule has 133 valence electrons. The van der Waals surface area contributed by atoms with Gasteiger partial charge in [0.05, 0.1) is 17.6 Å².